The number of ether oxygens (including phenoxy) is 1. The second-order valence-corrected chi connectivity index (χ2v) is 3.83. The average Bonchev–Trinajstić information content (AvgIpc) is 2.25. The molecule has 1 aromatic carbocycles. The fourth-order valence-corrected chi connectivity index (χ4v) is 1.43. The fraction of sp³-hybridized carbons (Fsp3) is 0.500. The maximum Gasteiger partial charge on any atom is 0.141 e. The molecule has 0 spiro atoms. The van der Waals surface area contributed by atoms with E-state index < -0.39 is 0 Å². The topological polar surface area (TPSA) is 47.3 Å². The highest BCUT2D eigenvalue weighted by Crippen LogP contribution is 2.28. The Kier molecular flexibility index (Phi) is 4.43. The maximum absolute atomic E-state index is 5.46. The Balaban J connectivity index is 2.91. The van der Waals surface area contributed by atoms with E-state index in [9.17, 15) is 0 Å². The number of nitrogens with one attached hydrogen (secondary N) is 1. The molecule has 0 saturated heterocycles. The molecule has 0 heterocycles. The van der Waals surface area contributed by atoms with Gasteiger partial charge in [0.1, 0.15) is 5.75 Å². The molecule has 1 aromatic rings. The lowest BCUT2D eigenvalue weighted by atomic mass is 10.0. The SMILES string of the molecule is COc1ccc(C(C)C)cc1NCCN. The minimum atomic E-state index is 0.523. The van der Waals surface area contributed by atoms with Crippen LogP contribution >= 0.6 is 0 Å². The standard InChI is InChI=1S/C12H20N2O/c1-9(2)10-4-5-12(15-3)11(8-10)14-7-6-13/h4-5,8-9,14H,6-7,13H2,1-3H3. The first kappa shape index (κ1) is 11.9. The Morgan fingerprint density at radius 3 is 2.67 bits per heavy atom. The predicted molar refractivity (Wildman–Crippen MR) is 64.6 cm³/mol. The number of anilines is 1. The van der Waals surface area contributed by atoms with Gasteiger partial charge >= 0.3 is 0 Å². The van der Waals surface area contributed by atoms with Crippen molar-refractivity contribution in [2.24, 2.45) is 5.73 Å². The van der Waals surface area contributed by atoms with Crippen molar-refractivity contribution in [1.82, 2.24) is 0 Å². The molecule has 0 saturated carbocycles. The number of methoxy groups -OCH3 is 1. The Morgan fingerprint density at radius 2 is 2.13 bits per heavy atom. The summed E-state index contributed by atoms with van der Waals surface area (Å²) >= 11 is 0. The van der Waals surface area contributed by atoms with E-state index in [1.165, 1.54) is 5.56 Å². The van der Waals surface area contributed by atoms with Crippen LogP contribution < -0.4 is 15.8 Å². The van der Waals surface area contributed by atoms with E-state index in [1.54, 1.807) is 7.11 Å². The molecule has 0 aliphatic heterocycles. The molecule has 3 N–H and O–H groups in total. The van der Waals surface area contributed by atoms with Crippen LogP contribution in [0.15, 0.2) is 18.2 Å². The second kappa shape index (κ2) is 5.61. The van der Waals surface area contributed by atoms with Crippen LogP contribution in [0.5, 0.6) is 5.75 Å². The molecule has 0 atom stereocenters. The summed E-state index contributed by atoms with van der Waals surface area (Å²) < 4.78 is 5.27. The summed E-state index contributed by atoms with van der Waals surface area (Å²) in [7, 11) is 1.68. The molecular formula is C12H20N2O. The van der Waals surface area contributed by atoms with Crippen molar-refractivity contribution < 1.29 is 4.74 Å². The van der Waals surface area contributed by atoms with Crippen molar-refractivity contribution in [3.8, 4) is 5.75 Å². The van der Waals surface area contributed by atoms with Crippen LogP contribution in [0.2, 0.25) is 0 Å². The third-order valence-electron chi connectivity index (χ3n) is 2.35. The normalized spacial score (nSPS) is 10.5. The molecular weight excluding hydrogens is 188 g/mol. The van der Waals surface area contributed by atoms with Gasteiger partial charge in [0, 0.05) is 13.1 Å². The van der Waals surface area contributed by atoms with Gasteiger partial charge in [0.05, 0.1) is 12.8 Å². The Labute approximate surface area is 91.6 Å². The van der Waals surface area contributed by atoms with Crippen LogP contribution in [0.4, 0.5) is 5.69 Å². The minimum absolute atomic E-state index is 0.523. The van der Waals surface area contributed by atoms with E-state index >= 15 is 0 Å². The molecule has 0 amide bonds. The van der Waals surface area contributed by atoms with E-state index in [4.69, 9.17) is 10.5 Å². The number of rotatable bonds is 5. The lowest BCUT2D eigenvalue weighted by Gasteiger charge is -2.13. The third-order valence-corrected chi connectivity index (χ3v) is 2.35. The quantitative estimate of drug-likeness (QED) is 0.779. The van der Waals surface area contributed by atoms with Gasteiger partial charge in [0.2, 0.25) is 0 Å². The molecule has 3 nitrogen and oxygen atoms in total. The van der Waals surface area contributed by atoms with Crippen molar-refractivity contribution in [2.45, 2.75) is 19.8 Å². The number of benzene rings is 1. The van der Waals surface area contributed by atoms with E-state index in [2.05, 4.69) is 31.3 Å². The molecule has 0 aromatic heterocycles. The van der Waals surface area contributed by atoms with Gasteiger partial charge in [0.15, 0.2) is 0 Å². The highest BCUT2D eigenvalue weighted by molar-refractivity contribution is 5.58. The van der Waals surface area contributed by atoms with Gasteiger partial charge in [-0.2, -0.15) is 0 Å². The first-order chi connectivity index (χ1) is 7.19. The van der Waals surface area contributed by atoms with Gasteiger partial charge in [-0.1, -0.05) is 19.9 Å². The van der Waals surface area contributed by atoms with Crippen molar-refractivity contribution in [3.05, 3.63) is 23.8 Å². The van der Waals surface area contributed by atoms with Gasteiger partial charge in [-0.05, 0) is 23.6 Å². The lowest BCUT2D eigenvalue weighted by molar-refractivity contribution is 0.416. The molecule has 0 fully saturated rings. The van der Waals surface area contributed by atoms with Gasteiger partial charge in [-0.25, -0.2) is 0 Å². The average molecular weight is 208 g/mol. The highest BCUT2D eigenvalue weighted by atomic mass is 16.5. The molecule has 84 valence electrons. The van der Waals surface area contributed by atoms with Crippen LogP contribution in [-0.2, 0) is 0 Å². The second-order valence-electron chi connectivity index (χ2n) is 3.83. The molecule has 0 aliphatic carbocycles. The van der Waals surface area contributed by atoms with Crippen LogP contribution in [0.3, 0.4) is 0 Å². The largest absolute Gasteiger partial charge is 0.495 e. The van der Waals surface area contributed by atoms with Gasteiger partial charge in [-0.15, -0.1) is 0 Å². The van der Waals surface area contributed by atoms with Gasteiger partial charge < -0.3 is 15.8 Å². The van der Waals surface area contributed by atoms with Crippen LogP contribution in [-0.4, -0.2) is 20.2 Å². The molecule has 1 rings (SSSR count). The van der Waals surface area contributed by atoms with E-state index in [1.807, 2.05) is 6.07 Å². The highest BCUT2D eigenvalue weighted by Gasteiger charge is 2.05. The Bertz CT molecular complexity index is 310. The summed E-state index contributed by atoms with van der Waals surface area (Å²) in [4.78, 5) is 0. The van der Waals surface area contributed by atoms with Crippen molar-refractivity contribution >= 4 is 5.69 Å². The number of nitrogens with two attached hydrogens (primary N) is 1. The summed E-state index contributed by atoms with van der Waals surface area (Å²) in [5.41, 5.74) is 7.79. The van der Waals surface area contributed by atoms with E-state index in [0.717, 1.165) is 18.0 Å². The summed E-state index contributed by atoms with van der Waals surface area (Å²) in [6, 6.07) is 6.21. The molecule has 3 heteroatoms. The van der Waals surface area contributed by atoms with E-state index in [0.29, 0.717) is 12.5 Å². The Hall–Kier alpha value is -1.22. The first-order valence-corrected chi connectivity index (χ1v) is 5.31. The van der Waals surface area contributed by atoms with Gasteiger partial charge in [-0.3, -0.25) is 0 Å². The van der Waals surface area contributed by atoms with Gasteiger partial charge in [0.25, 0.3) is 0 Å². The smallest absolute Gasteiger partial charge is 0.141 e. The van der Waals surface area contributed by atoms with E-state index in [-0.39, 0.29) is 0 Å². The monoisotopic (exact) mass is 208 g/mol. The van der Waals surface area contributed by atoms with Crippen LogP contribution in [0.25, 0.3) is 0 Å². The molecule has 0 bridgehead atoms. The first-order valence-electron chi connectivity index (χ1n) is 5.31. The number of hydrogen-bond acceptors (Lipinski definition) is 3. The molecule has 0 radical (unpaired) electrons. The molecule has 0 unspecified atom stereocenters. The summed E-state index contributed by atoms with van der Waals surface area (Å²) in [6.45, 7) is 5.73. The third kappa shape index (κ3) is 3.13. The minimum Gasteiger partial charge on any atom is -0.495 e. The summed E-state index contributed by atoms with van der Waals surface area (Å²) in [5, 5.41) is 3.26. The van der Waals surface area contributed by atoms with Crippen LogP contribution in [0, 0.1) is 0 Å². The molecule has 0 aliphatic rings. The summed E-state index contributed by atoms with van der Waals surface area (Å²) in [5.74, 6) is 1.39. The van der Waals surface area contributed by atoms with Crippen molar-refractivity contribution in [1.29, 1.82) is 0 Å². The predicted octanol–water partition coefficient (Wildman–Crippen LogP) is 2.19. The van der Waals surface area contributed by atoms with Crippen LogP contribution in [0.1, 0.15) is 25.3 Å². The number of hydrogen-bond donors (Lipinski definition) is 2. The van der Waals surface area contributed by atoms with Crippen molar-refractivity contribution in [2.75, 3.05) is 25.5 Å². The lowest BCUT2D eigenvalue weighted by Crippen LogP contribution is -2.13. The summed E-state index contributed by atoms with van der Waals surface area (Å²) in [6.07, 6.45) is 0. The zero-order valence-electron chi connectivity index (χ0n) is 9.71. The zero-order valence-corrected chi connectivity index (χ0v) is 9.71. The fourth-order valence-electron chi connectivity index (χ4n) is 1.43. The zero-order chi connectivity index (χ0) is 11.3. The van der Waals surface area contributed by atoms with Crippen molar-refractivity contribution in [3.63, 3.8) is 0 Å². The maximum atomic E-state index is 5.46. The molecule has 15 heavy (non-hydrogen) atoms. The Morgan fingerprint density at radius 1 is 1.40 bits per heavy atom.